The Labute approximate surface area is 136 Å². The third-order valence-corrected chi connectivity index (χ3v) is 3.51. The van der Waals surface area contributed by atoms with Gasteiger partial charge in [-0.1, -0.05) is 29.8 Å². The molecule has 0 aliphatic carbocycles. The third kappa shape index (κ3) is 4.78. The van der Waals surface area contributed by atoms with Gasteiger partial charge in [0.25, 0.3) is 5.91 Å². The zero-order valence-corrected chi connectivity index (χ0v) is 13.8. The summed E-state index contributed by atoms with van der Waals surface area (Å²) in [6.07, 6.45) is -0.548. The Morgan fingerprint density at radius 2 is 1.73 bits per heavy atom. The summed E-state index contributed by atoms with van der Waals surface area (Å²) in [7, 11) is 0. The average Bonchev–Trinajstić information content (AvgIpc) is 2.45. The van der Waals surface area contributed by atoms with Crippen LogP contribution in [0.5, 0.6) is 5.75 Å². The first-order valence-electron chi connectivity index (χ1n) is 7.21. The van der Waals surface area contributed by atoms with Gasteiger partial charge in [0.05, 0.1) is 0 Å². The van der Waals surface area contributed by atoms with Crippen LogP contribution in [0.15, 0.2) is 42.5 Å². The second-order valence-corrected chi connectivity index (χ2v) is 5.86. The highest BCUT2D eigenvalue weighted by Crippen LogP contribution is 2.17. The summed E-state index contributed by atoms with van der Waals surface area (Å²) >= 11 is 5.83. The van der Waals surface area contributed by atoms with Crippen molar-refractivity contribution in [2.45, 2.75) is 33.4 Å². The van der Waals surface area contributed by atoms with Gasteiger partial charge in [-0.05, 0) is 61.7 Å². The van der Waals surface area contributed by atoms with Crippen LogP contribution in [0.2, 0.25) is 5.02 Å². The smallest absolute Gasteiger partial charge is 0.261 e. The Kier molecular flexibility index (Phi) is 5.45. The molecule has 1 N–H and O–H groups in total. The van der Waals surface area contributed by atoms with Gasteiger partial charge in [0.1, 0.15) is 5.75 Å². The van der Waals surface area contributed by atoms with Gasteiger partial charge in [0.2, 0.25) is 0 Å². The zero-order chi connectivity index (χ0) is 16.1. The molecule has 0 radical (unpaired) electrons. The Hall–Kier alpha value is -2.00. The summed E-state index contributed by atoms with van der Waals surface area (Å²) in [6.45, 7) is 6.21. The monoisotopic (exact) mass is 317 g/mol. The number of nitrogens with one attached hydrogen (secondary N) is 1. The minimum atomic E-state index is -0.548. The summed E-state index contributed by atoms with van der Waals surface area (Å²) in [6, 6.07) is 13.3. The molecule has 0 aliphatic heterocycles. The fourth-order valence-electron chi connectivity index (χ4n) is 2.19. The van der Waals surface area contributed by atoms with Gasteiger partial charge in [0, 0.05) is 11.6 Å². The molecule has 0 aliphatic rings. The molecule has 0 heterocycles. The van der Waals surface area contributed by atoms with E-state index in [9.17, 15) is 4.79 Å². The van der Waals surface area contributed by atoms with Gasteiger partial charge in [-0.25, -0.2) is 0 Å². The molecule has 22 heavy (non-hydrogen) atoms. The lowest BCUT2D eigenvalue weighted by Crippen LogP contribution is -2.35. The normalized spacial score (nSPS) is 11.8. The maximum Gasteiger partial charge on any atom is 0.261 e. The number of ether oxygens (including phenoxy) is 1. The van der Waals surface area contributed by atoms with E-state index >= 15 is 0 Å². The molecule has 2 rings (SSSR count). The molecular weight excluding hydrogens is 298 g/mol. The van der Waals surface area contributed by atoms with Crippen molar-refractivity contribution in [2.75, 3.05) is 0 Å². The molecule has 2 aromatic rings. The average molecular weight is 318 g/mol. The van der Waals surface area contributed by atoms with E-state index in [4.69, 9.17) is 16.3 Å². The van der Waals surface area contributed by atoms with Crippen molar-refractivity contribution in [3.8, 4) is 5.75 Å². The van der Waals surface area contributed by atoms with Crippen molar-refractivity contribution in [2.24, 2.45) is 0 Å². The number of carbonyl (C=O) groups excluding carboxylic acids is 1. The van der Waals surface area contributed by atoms with E-state index in [-0.39, 0.29) is 5.91 Å². The topological polar surface area (TPSA) is 38.3 Å². The Balaban J connectivity index is 1.90. The molecule has 0 bridgehead atoms. The third-order valence-electron chi connectivity index (χ3n) is 3.26. The van der Waals surface area contributed by atoms with Crippen LogP contribution >= 0.6 is 11.6 Å². The molecule has 4 heteroatoms. The molecular formula is C18H20ClNO2. The minimum absolute atomic E-state index is 0.144. The van der Waals surface area contributed by atoms with Gasteiger partial charge in [-0.2, -0.15) is 0 Å². The number of rotatable bonds is 5. The van der Waals surface area contributed by atoms with Crippen LogP contribution in [-0.2, 0) is 11.3 Å². The molecule has 3 nitrogen and oxygen atoms in total. The molecule has 0 aromatic heterocycles. The molecule has 0 saturated heterocycles. The van der Waals surface area contributed by atoms with Gasteiger partial charge >= 0.3 is 0 Å². The van der Waals surface area contributed by atoms with Crippen LogP contribution in [-0.4, -0.2) is 12.0 Å². The van der Waals surface area contributed by atoms with Gasteiger partial charge in [-0.15, -0.1) is 0 Å². The maximum atomic E-state index is 12.1. The largest absolute Gasteiger partial charge is 0.481 e. The van der Waals surface area contributed by atoms with Crippen LogP contribution < -0.4 is 10.1 Å². The maximum absolute atomic E-state index is 12.1. The number of hydrogen-bond acceptors (Lipinski definition) is 2. The lowest BCUT2D eigenvalue weighted by molar-refractivity contribution is -0.127. The first kappa shape index (κ1) is 16.4. The number of aryl methyl sites for hydroxylation is 2. The molecule has 2 aromatic carbocycles. The summed E-state index contributed by atoms with van der Waals surface area (Å²) < 4.78 is 5.71. The summed E-state index contributed by atoms with van der Waals surface area (Å²) in [5.41, 5.74) is 3.23. The first-order valence-corrected chi connectivity index (χ1v) is 7.59. The SMILES string of the molecule is Cc1cc(C)cc(OC(C)C(=O)NCc2ccc(Cl)cc2)c1. The highest BCUT2D eigenvalue weighted by atomic mass is 35.5. The fourth-order valence-corrected chi connectivity index (χ4v) is 2.32. The molecule has 0 fully saturated rings. The molecule has 116 valence electrons. The van der Waals surface area contributed by atoms with Gasteiger partial charge in [0.15, 0.2) is 6.10 Å². The number of benzene rings is 2. The standard InChI is InChI=1S/C18H20ClNO2/c1-12-8-13(2)10-17(9-12)22-14(3)18(21)20-11-15-4-6-16(19)7-5-15/h4-10,14H,11H2,1-3H3,(H,20,21). The Morgan fingerprint density at radius 1 is 1.14 bits per heavy atom. The number of carbonyl (C=O) groups is 1. The molecule has 0 spiro atoms. The van der Waals surface area contributed by atoms with Crippen molar-refractivity contribution in [3.05, 3.63) is 64.2 Å². The quantitative estimate of drug-likeness (QED) is 0.903. The highest BCUT2D eigenvalue weighted by molar-refractivity contribution is 6.30. The second-order valence-electron chi connectivity index (χ2n) is 5.43. The van der Waals surface area contributed by atoms with Gasteiger partial charge < -0.3 is 10.1 Å². The number of hydrogen-bond donors (Lipinski definition) is 1. The van der Waals surface area contributed by atoms with E-state index in [2.05, 4.69) is 11.4 Å². The summed E-state index contributed by atoms with van der Waals surface area (Å²) in [5, 5.41) is 3.54. The van der Waals surface area contributed by atoms with Crippen molar-refractivity contribution in [1.82, 2.24) is 5.32 Å². The van der Waals surface area contributed by atoms with Crippen molar-refractivity contribution in [3.63, 3.8) is 0 Å². The van der Waals surface area contributed by atoms with Crippen molar-refractivity contribution < 1.29 is 9.53 Å². The van der Waals surface area contributed by atoms with E-state index in [0.29, 0.717) is 17.3 Å². The lowest BCUT2D eigenvalue weighted by atomic mass is 10.1. The van der Waals surface area contributed by atoms with Gasteiger partial charge in [-0.3, -0.25) is 4.79 Å². The van der Waals surface area contributed by atoms with Crippen molar-refractivity contribution >= 4 is 17.5 Å². The number of halogens is 1. The second kappa shape index (κ2) is 7.32. The first-order chi connectivity index (χ1) is 10.4. The Morgan fingerprint density at radius 3 is 2.32 bits per heavy atom. The van der Waals surface area contributed by atoms with Crippen LogP contribution in [0.3, 0.4) is 0 Å². The zero-order valence-electron chi connectivity index (χ0n) is 13.0. The van der Waals surface area contributed by atoms with Crippen LogP contribution in [0.25, 0.3) is 0 Å². The summed E-state index contributed by atoms with van der Waals surface area (Å²) in [4.78, 5) is 12.1. The molecule has 0 saturated carbocycles. The highest BCUT2D eigenvalue weighted by Gasteiger charge is 2.14. The molecule has 1 unspecified atom stereocenters. The van der Waals surface area contributed by atoms with Crippen molar-refractivity contribution in [1.29, 1.82) is 0 Å². The summed E-state index contributed by atoms with van der Waals surface area (Å²) in [5.74, 6) is 0.570. The van der Waals surface area contributed by atoms with E-state index < -0.39 is 6.10 Å². The molecule has 1 atom stereocenters. The minimum Gasteiger partial charge on any atom is -0.481 e. The fraction of sp³-hybridized carbons (Fsp3) is 0.278. The van der Waals surface area contributed by atoms with E-state index in [1.54, 1.807) is 19.1 Å². The Bertz CT molecular complexity index is 632. The van der Waals surface area contributed by atoms with E-state index in [0.717, 1.165) is 16.7 Å². The van der Waals surface area contributed by atoms with E-state index in [1.807, 2.05) is 38.1 Å². The van der Waals surface area contributed by atoms with E-state index in [1.165, 1.54) is 0 Å². The van der Waals surface area contributed by atoms with Crippen LogP contribution in [0.4, 0.5) is 0 Å². The lowest BCUT2D eigenvalue weighted by Gasteiger charge is -2.15. The number of amides is 1. The predicted molar refractivity (Wildman–Crippen MR) is 89.3 cm³/mol. The molecule has 1 amide bonds. The van der Waals surface area contributed by atoms with Crippen LogP contribution in [0.1, 0.15) is 23.6 Å². The van der Waals surface area contributed by atoms with Crippen LogP contribution in [0, 0.1) is 13.8 Å². The predicted octanol–water partition coefficient (Wildman–Crippen LogP) is 4.04.